The van der Waals surface area contributed by atoms with E-state index in [1.807, 2.05) is 0 Å². The van der Waals surface area contributed by atoms with Gasteiger partial charge in [0.2, 0.25) is 0 Å². The highest BCUT2D eigenvalue weighted by atomic mass is 35.5. The molecule has 3 saturated heterocycles. The highest BCUT2D eigenvalue weighted by Gasteiger charge is 2.44. The Kier molecular flexibility index (Phi) is 9.31. The third-order valence-corrected chi connectivity index (χ3v) is 5.73. The minimum absolute atomic E-state index is 0. The Morgan fingerprint density at radius 3 is 2.42 bits per heavy atom. The summed E-state index contributed by atoms with van der Waals surface area (Å²) in [5, 5.41) is 3.32. The van der Waals surface area contributed by atoms with E-state index in [1.165, 1.54) is 38.9 Å². The van der Waals surface area contributed by atoms with Crippen LogP contribution in [0.15, 0.2) is 0 Å². The Bertz CT molecular complexity index is 386. The zero-order valence-corrected chi connectivity index (χ0v) is 16.4. The molecule has 142 valence electrons. The topological polar surface area (TPSA) is 44.8 Å². The molecule has 3 fully saturated rings. The van der Waals surface area contributed by atoms with E-state index < -0.39 is 5.60 Å². The number of carbonyl (C=O) groups excluding carboxylic acids is 1. The van der Waals surface area contributed by atoms with E-state index in [-0.39, 0.29) is 30.7 Å². The molecular formula is C17H33Cl2N3O2. The lowest BCUT2D eigenvalue weighted by Gasteiger charge is -2.37. The summed E-state index contributed by atoms with van der Waals surface area (Å²) < 4.78 is 5.70. The van der Waals surface area contributed by atoms with E-state index in [9.17, 15) is 4.79 Å². The van der Waals surface area contributed by atoms with Crippen molar-refractivity contribution in [2.45, 2.75) is 44.1 Å². The van der Waals surface area contributed by atoms with Crippen LogP contribution in [0.2, 0.25) is 0 Å². The summed E-state index contributed by atoms with van der Waals surface area (Å²) in [7, 11) is 1.70. The van der Waals surface area contributed by atoms with Gasteiger partial charge in [0.05, 0.1) is 0 Å². The maximum atomic E-state index is 13.0. The molecule has 0 radical (unpaired) electrons. The summed E-state index contributed by atoms with van der Waals surface area (Å²) in [6, 6.07) is 0. The second-order valence-corrected chi connectivity index (χ2v) is 7.22. The molecule has 0 aliphatic carbocycles. The predicted octanol–water partition coefficient (Wildman–Crippen LogP) is 1.93. The van der Waals surface area contributed by atoms with Gasteiger partial charge in [-0.05, 0) is 64.2 Å². The fraction of sp³-hybridized carbons (Fsp3) is 0.941. The van der Waals surface area contributed by atoms with Gasteiger partial charge in [0.15, 0.2) is 0 Å². The largest absolute Gasteiger partial charge is 0.368 e. The van der Waals surface area contributed by atoms with Crippen molar-refractivity contribution in [3.05, 3.63) is 0 Å². The first kappa shape index (κ1) is 22.0. The van der Waals surface area contributed by atoms with Gasteiger partial charge in [-0.2, -0.15) is 0 Å². The highest BCUT2D eigenvalue weighted by Crippen LogP contribution is 2.29. The summed E-state index contributed by atoms with van der Waals surface area (Å²) in [6.45, 7) is 7.26. The molecular weight excluding hydrogens is 349 g/mol. The van der Waals surface area contributed by atoms with Gasteiger partial charge in [-0.25, -0.2) is 0 Å². The average Bonchev–Trinajstić information content (AvgIpc) is 3.04. The van der Waals surface area contributed by atoms with Crippen LogP contribution in [0, 0.1) is 5.92 Å². The number of amides is 1. The first-order valence-corrected chi connectivity index (χ1v) is 9.01. The molecule has 7 heteroatoms. The van der Waals surface area contributed by atoms with E-state index in [4.69, 9.17) is 4.74 Å². The van der Waals surface area contributed by atoms with Crippen molar-refractivity contribution in [3.63, 3.8) is 0 Å². The molecule has 0 aromatic carbocycles. The minimum atomic E-state index is -0.564. The van der Waals surface area contributed by atoms with Gasteiger partial charge >= 0.3 is 0 Å². The monoisotopic (exact) mass is 381 g/mol. The molecule has 5 nitrogen and oxygen atoms in total. The number of nitrogens with zero attached hydrogens (tertiary/aromatic N) is 2. The molecule has 3 aliphatic heterocycles. The van der Waals surface area contributed by atoms with Crippen LogP contribution < -0.4 is 5.32 Å². The maximum Gasteiger partial charge on any atom is 0.254 e. The molecule has 0 aromatic heterocycles. The van der Waals surface area contributed by atoms with Crippen LogP contribution in [0.3, 0.4) is 0 Å². The minimum Gasteiger partial charge on any atom is -0.368 e. The van der Waals surface area contributed by atoms with Gasteiger partial charge in [-0.3, -0.25) is 4.79 Å². The van der Waals surface area contributed by atoms with Crippen LogP contribution in [0.5, 0.6) is 0 Å². The van der Waals surface area contributed by atoms with E-state index in [0.717, 1.165) is 45.4 Å². The Balaban J connectivity index is 0.00000144. The van der Waals surface area contributed by atoms with Gasteiger partial charge < -0.3 is 19.9 Å². The molecule has 1 amide bonds. The van der Waals surface area contributed by atoms with Crippen LogP contribution in [0.1, 0.15) is 38.5 Å². The summed E-state index contributed by atoms with van der Waals surface area (Å²) >= 11 is 0. The zero-order valence-electron chi connectivity index (χ0n) is 14.8. The number of carbonyl (C=O) groups is 1. The quantitative estimate of drug-likeness (QED) is 0.807. The number of nitrogens with one attached hydrogen (secondary N) is 1. The fourth-order valence-corrected chi connectivity index (χ4v) is 4.30. The zero-order chi connectivity index (χ0) is 15.4. The molecule has 3 rings (SSSR count). The smallest absolute Gasteiger partial charge is 0.254 e. The van der Waals surface area contributed by atoms with Crippen LogP contribution >= 0.6 is 24.8 Å². The van der Waals surface area contributed by atoms with Crippen molar-refractivity contribution in [1.82, 2.24) is 15.1 Å². The molecule has 0 spiro atoms. The fourth-order valence-electron chi connectivity index (χ4n) is 4.30. The molecule has 0 aromatic rings. The highest BCUT2D eigenvalue weighted by molar-refractivity contribution is 5.86. The van der Waals surface area contributed by atoms with Crippen LogP contribution in [0.4, 0.5) is 0 Å². The van der Waals surface area contributed by atoms with Gasteiger partial charge in [-0.1, -0.05) is 6.42 Å². The standard InChI is InChI=1S/C17H31N3O2.2ClH/c1-22-17(6-8-18-9-7-17)16(21)20-12-5-15(14-20)13-19-10-3-2-4-11-19;;/h15,18H,2-14H2,1H3;2*1H. The van der Waals surface area contributed by atoms with Gasteiger partial charge in [0.25, 0.3) is 5.91 Å². The molecule has 0 bridgehead atoms. The molecule has 3 heterocycles. The Morgan fingerprint density at radius 1 is 1.12 bits per heavy atom. The van der Waals surface area contributed by atoms with E-state index in [1.54, 1.807) is 7.11 Å². The maximum absolute atomic E-state index is 13.0. The summed E-state index contributed by atoms with van der Waals surface area (Å²) in [5.74, 6) is 0.885. The van der Waals surface area contributed by atoms with Crippen LogP contribution in [-0.4, -0.2) is 74.2 Å². The Morgan fingerprint density at radius 2 is 1.79 bits per heavy atom. The van der Waals surface area contributed by atoms with Crippen molar-refractivity contribution < 1.29 is 9.53 Å². The molecule has 1 N–H and O–H groups in total. The lowest BCUT2D eigenvalue weighted by Crippen LogP contribution is -2.55. The molecule has 24 heavy (non-hydrogen) atoms. The van der Waals surface area contributed by atoms with Crippen molar-refractivity contribution >= 4 is 30.7 Å². The first-order valence-electron chi connectivity index (χ1n) is 9.01. The van der Waals surface area contributed by atoms with Crippen molar-refractivity contribution in [1.29, 1.82) is 0 Å². The average molecular weight is 382 g/mol. The second-order valence-electron chi connectivity index (χ2n) is 7.22. The lowest BCUT2D eigenvalue weighted by atomic mass is 9.90. The van der Waals surface area contributed by atoms with Gasteiger partial charge in [0.1, 0.15) is 5.60 Å². The first-order chi connectivity index (χ1) is 10.7. The second kappa shape index (κ2) is 10.2. The normalized spacial score (nSPS) is 27.2. The van der Waals surface area contributed by atoms with E-state index >= 15 is 0 Å². The van der Waals surface area contributed by atoms with Crippen LogP contribution in [0.25, 0.3) is 0 Å². The summed E-state index contributed by atoms with van der Waals surface area (Å²) in [4.78, 5) is 17.6. The number of halogens is 2. The molecule has 1 atom stereocenters. The third-order valence-electron chi connectivity index (χ3n) is 5.73. The summed E-state index contributed by atoms with van der Waals surface area (Å²) in [6.07, 6.45) is 6.83. The number of piperidine rings is 2. The Labute approximate surface area is 158 Å². The Hall–Kier alpha value is -0.0700. The van der Waals surface area contributed by atoms with Crippen molar-refractivity contribution in [2.75, 3.05) is 52.9 Å². The number of rotatable bonds is 4. The predicted molar refractivity (Wildman–Crippen MR) is 101 cm³/mol. The molecule has 1 unspecified atom stereocenters. The summed E-state index contributed by atoms with van der Waals surface area (Å²) in [5.41, 5.74) is -0.564. The number of hydrogen-bond acceptors (Lipinski definition) is 4. The lowest BCUT2D eigenvalue weighted by molar-refractivity contribution is -0.157. The van der Waals surface area contributed by atoms with Crippen molar-refractivity contribution in [3.8, 4) is 0 Å². The number of hydrogen-bond donors (Lipinski definition) is 1. The SMILES string of the molecule is COC1(C(=O)N2CCC(CN3CCCCC3)C2)CCNCC1.Cl.Cl. The van der Waals surface area contributed by atoms with E-state index in [2.05, 4.69) is 15.1 Å². The van der Waals surface area contributed by atoms with Crippen LogP contribution in [-0.2, 0) is 9.53 Å². The number of ether oxygens (including phenoxy) is 1. The van der Waals surface area contributed by atoms with Crippen molar-refractivity contribution in [2.24, 2.45) is 5.92 Å². The number of likely N-dealkylation sites (tertiary alicyclic amines) is 2. The third kappa shape index (κ3) is 4.98. The molecule has 3 aliphatic rings. The van der Waals surface area contributed by atoms with Gasteiger partial charge in [0, 0.05) is 26.7 Å². The number of methoxy groups -OCH3 is 1. The molecule has 0 saturated carbocycles. The van der Waals surface area contributed by atoms with E-state index in [0.29, 0.717) is 5.92 Å². The van der Waals surface area contributed by atoms with Gasteiger partial charge in [-0.15, -0.1) is 24.8 Å².